The summed E-state index contributed by atoms with van der Waals surface area (Å²) < 4.78 is 3.56. The summed E-state index contributed by atoms with van der Waals surface area (Å²) in [5.41, 5.74) is 2.62. The highest BCUT2D eigenvalue weighted by atomic mass is 79.9. The molecule has 4 rings (SSSR count). The molecule has 0 saturated heterocycles. The van der Waals surface area contributed by atoms with Gasteiger partial charge in [-0.25, -0.2) is 0 Å². The Morgan fingerprint density at radius 3 is 2.25 bits per heavy atom. The van der Waals surface area contributed by atoms with E-state index in [-0.39, 0.29) is 0 Å². The van der Waals surface area contributed by atoms with Crippen molar-refractivity contribution >= 4 is 48.5 Å². The highest BCUT2D eigenvalue weighted by Gasteiger charge is 2.13. The predicted octanol–water partition coefficient (Wildman–Crippen LogP) is 5.73. The van der Waals surface area contributed by atoms with Crippen molar-refractivity contribution < 1.29 is 0 Å². The summed E-state index contributed by atoms with van der Waals surface area (Å²) in [4.78, 5) is 0. The highest BCUT2D eigenvalue weighted by molar-refractivity contribution is 9.10. The van der Waals surface area contributed by atoms with Gasteiger partial charge in [0.25, 0.3) is 0 Å². The van der Waals surface area contributed by atoms with Gasteiger partial charge < -0.3 is 4.57 Å². The summed E-state index contributed by atoms with van der Waals surface area (Å²) in [6.07, 6.45) is 0. The molecule has 1 heterocycles. The molecular formula is C18H14BrN. The van der Waals surface area contributed by atoms with Crippen LogP contribution in [-0.4, -0.2) is 4.57 Å². The predicted molar refractivity (Wildman–Crippen MR) is 90.3 cm³/mol. The van der Waals surface area contributed by atoms with Gasteiger partial charge in [0.2, 0.25) is 0 Å². The first-order chi connectivity index (χ1) is 9.81. The van der Waals surface area contributed by atoms with E-state index in [4.69, 9.17) is 0 Å². The number of benzene rings is 3. The Kier molecular flexibility index (Phi) is 2.61. The molecule has 4 aromatic rings. The number of halogens is 1. The molecular weight excluding hydrogens is 310 g/mol. The van der Waals surface area contributed by atoms with Crippen LogP contribution in [0.2, 0.25) is 0 Å². The third kappa shape index (κ3) is 1.49. The monoisotopic (exact) mass is 323 g/mol. The smallest absolute Gasteiger partial charge is 0.0509 e. The van der Waals surface area contributed by atoms with Crippen molar-refractivity contribution in [2.24, 2.45) is 0 Å². The summed E-state index contributed by atoms with van der Waals surface area (Å²) >= 11 is 3.73. The van der Waals surface area contributed by atoms with E-state index in [9.17, 15) is 0 Å². The standard InChI is InChI=1S/C18H14BrN/c1-2-20-16-10-6-5-9-14(16)18-13-8-4-3-7-12(13)15(19)11-17(18)20/h3-11H,2H2,1H3. The van der Waals surface area contributed by atoms with Crippen molar-refractivity contribution in [1.29, 1.82) is 0 Å². The molecule has 3 aromatic carbocycles. The lowest BCUT2D eigenvalue weighted by Crippen LogP contribution is -1.92. The van der Waals surface area contributed by atoms with Crippen LogP contribution < -0.4 is 0 Å². The minimum Gasteiger partial charge on any atom is -0.341 e. The third-order valence-corrected chi connectivity index (χ3v) is 4.70. The molecule has 1 aromatic heterocycles. The van der Waals surface area contributed by atoms with E-state index in [1.54, 1.807) is 0 Å². The van der Waals surface area contributed by atoms with Crippen LogP contribution in [-0.2, 0) is 6.54 Å². The SMILES string of the molecule is CCn1c2ccccc2c2c3ccccc3c(Br)cc21. The fraction of sp³-hybridized carbons (Fsp3) is 0.111. The summed E-state index contributed by atoms with van der Waals surface area (Å²) in [6.45, 7) is 3.18. The van der Waals surface area contributed by atoms with Gasteiger partial charge in [0, 0.05) is 27.3 Å². The van der Waals surface area contributed by atoms with Crippen LogP contribution in [0.5, 0.6) is 0 Å². The average molecular weight is 324 g/mol. The normalized spacial score (nSPS) is 11.7. The van der Waals surface area contributed by atoms with Gasteiger partial charge in [-0.3, -0.25) is 0 Å². The maximum Gasteiger partial charge on any atom is 0.0509 e. The topological polar surface area (TPSA) is 4.93 Å². The number of aryl methyl sites for hydroxylation is 1. The highest BCUT2D eigenvalue weighted by Crippen LogP contribution is 2.38. The van der Waals surface area contributed by atoms with Crippen molar-refractivity contribution in [2.75, 3.05) is 0 Å². The third-order valence-electron chi connectivity index (χ3n) is 4.04. The zero-order chi connectivity index (χ0) is 13.7. The Labute approximate surface area is 125 Å². The molecule has 0 N–H and O–H groups in total. The van der Waals surface area contributed by atoms with E-state index in [2.05, 4.69) is 82.0 Å². The molecule has 0 aliphatic rings. The molecule has 0 bridgehead atoms. The van der Waals surface area contributed by atoms with E-state index >= 15 is 0 Å². The fourth-order valence-corrected chi connectivity index (χ4v) is 3.77. The minimum atomic E-state index is 0.981. The van der Waals surface area contributed by atoms with Gasteiger partial charge in [-0.2, -0.15) is 0 Å². The number of hydrogen-bond donors (Lipinski definition) is 0. The molecule has 1 nitrogen and oxygen atoms in total. The van der Waals surface area contributed by atoms with E-state index in [1.165, 1.54) is 32.6 Å². The van der Waals surface area contributed by atoms with Crippen molar-refractivity contribution in [3.8, 4) is 0 Å². The quantitative estimate of drug-likeness (QED) is 0.421. The van der Waals surface area contributed by atoms with Gasteiger partial charge in [-0.1, -0.05) is 58.4 Å². The average Bonchev–Trinajstić information content (AvgIpc) is 2.81. The van der Waals surface area contributed by atoms with Crippen LogP contribution >= 0.6 is 15.9 Å². The first-order valence-corrected chi connectivity index (χ1v) is 7.68. The van der Waals surface area contributed by atoms with Crippen LogP contribution in [0.1, 0.15) is 6.92 Å². The summed E-state index contributed by atoms with van der Waals surface area (Å²) in [7, 11) is 0. The maximum atomic E-state index is 3.73. The van der Waals surface area contributed by atoms with Crippen LogP contribution in [0.15, 0.2) is 59.1 Å². The molecule has 0 aliphatic heterocycles. The Bertz CT molecular complexity index is 950. The van der Waals surface area contributed by atoms with E-state index in [0.29, 0.717) is 0 Å². The lowest BCUT2D eigenvalue weighted by molar-refractivity contribution is 0.827. The largest absolute Gasteiger partial charge is 0.341 e. The Balaban J connectivity index is 2.39. The second-order valence-corrected chi connectivity index (χ2v) is 5.91. The maximum absolute atomic E-state index is 3.73. The molecule has 20 heavy (non-hydrogen) atoms. The van der Waals surface area contributed by atoms with Gasteiger partial charge in [0.15, 0.2) is 0 Å². The molecule has 0 amide bonds. The molecule has 0 unspecified atom stereocenters. The number of hydrogen-bond acceptors (Lipinski definition) is 0. The first kappa shape index (κ1) is 12.0. The number of rotatable bonds is 1. The number of nitrogens with zero attached hydrogens (tertiary/aromatic N) is 1. The van der Waals surface area contributed by atoms with Crippen LogP contribution in [0.4, 0.5) is 0 Å². The first-order valence-electron chi connectivity index (χ1n) is 6.89. The molecule has 0 radical (unpaired) electrons. The van der Waals surface area contributed by atoms with Crippen molar-refractivity contribution in [3.05, 3.63) is 59.1 Å². The number of para-hydroxylation sites is 1. The van der Waals surface area contributed by atoms with Gasteiger partial charge in [-0.15, -0.1) is 0 Å². The zero-order valence-corrected chi connectivity index (χ0v) is 12.8. The second kappa shape index (κ2) is 4.35. The number of aromatic nitrogens is 1. The molecule has 0 saturated carbocycles. The van der Waals surface area contributed by atoms with Crippen molar-refractivity contribution in [1.82, 2.24) is 4.57 Å². The molecule has 0 spiro atoms. The summed E-state index contributed by atoms with van der Waals surface area (Å²) in [5, 5.41) is 5.30. The van der Waals surface area contributed by atoms with Gasteiger partial charge in [0.1, 0.15) is 0 Å². The van der Waals surface area contributed by atoms with Gasteiger partial charge in [0.05, 0.1) is 5.52 Å². The molecule has 0 fully saturated rings. The molecule has 0 aliphatic carbocycles. The summed E-state index contributed by atoms with van der Waals surface area (Å²) in [6, 6.07) is 19.5. The van der Waals surface area contributed by atoms with E-state index in [1.807, 2.05) is 0 Å². The second-order valence-electron chi connectivity index (χ2n) is 5.06. The Morgan fingerprint density at radius 1 is 0.850 bits per heavy atom. The number of fused-ring (bicyclic) bond motifs is 5. The fourth-order valence-electron chi connectivity index (χ4n) is 3.20. The summed E-state index contributed by atoms with van der Waals surface area (Å²) in [5.74, 6) is 0. The zero-order valence-electron chi connectivity index (χ0n) is 11.2. The van der Waals surface area contributed by atoms with Crippen molar-refractivity contribution in [2.45, 2.75) is 13.5 Å². The lowest BCUT2D eigenvalue weighted by Gasteiger charge is -2.06. The Morgan fingerprint density at radius 2 is 1.50 bits per heavy atom. The van der Waals surface area contributed by atoms with Crippen LogP contribution in [0.25, 0.3) is 32.6 Å². The van der Waals surface area contributed by atoms with Crippen LogP contribution in [0, 0.1) is 0 Å². The minimum absolute atomic E-state index is 0.981. The molecule has 0 atom stereocenters. The van der Waals surface area contributed by atoms with E-state index < -0.39 is 0 Å². The van der Waals surface area contributed by atoms with E-state index in [0.717, 1.165) is 11.0 Å². The van der Waals surface area contributed by atoms with Gasteiger partial charge in [-0.05, 0) is 29.8 Å². The lowest BCUT2D eigenvalue weighted by atomic mass is 10.0. The van der Waals surface area contributed by atoms with Crippen LogP contribution in [0.3, 0.4) is 0 Å². The molecule has 2 heteroatoms. The molecule has 98 valence electrons. The van der Waals surface area contributed by atoms with Gasteiger partial charge >= 0.3 is 0 Å². The Hall–Kier alpha value is -1.80. The van der Waals surface area contributed by atoms with Crippen molar-refractivity contribution in [3.63, 3.8) is 0 Å².